The number of nitrogens with zero attached hydrogens (tertiary/aromatic N) is 1. The van der Waals surface area contributed by atoms with Gasteiger partial charge in [0.1, 0.15) is 24.2 Å². The summed E-state index contributed by atoms with van der Waals surface area (Å²) in [5.41, 5.74) is 0.0212. The number of hydrogen-bond acceptors (Lipinski definition) is 6. The molecule has 2 aromatic heterocycles. The second-order valence-electron chi connectivity index (χ2n) is 7.09. The molecule has 1 atom stereocenters. The molecule has 10 heteroatoms. The summed E-state index contributed by atoms with van der Waals surface area (Å²) in [6.07, 6.45) is 3.31. The van der Waals surface area contributed by atoms with E-state index >= 15 is 0 Å². The summed E-state index contributed by atoms with van der Waals surface area (Å²) in [5, 5.41) is 8.20. The Balaban J connectivity index is 1.67. The number of ether oxygens (including phenoxy) is 1. The largest absolute Gasteiger partial charge is 0.497 e. The lowest BCUT2D eigenvalue weighted by molar-refractivity contribution is -0.884. The maximum atomic E-state index is 12.8. The van der Waals surface area contributed by atoms with Gasteiger partial charge in [-0.1, -0.05) is 6.07 Å². The highest BCUT2D eigenvalue weighted by Crippen LogP contribution is 2.30. The molecular weight excluding hydrogens is 404 g/mol. The van der Waals surface area contributed by atoms with E-state index in [4.69, 9.17) is 14.0 Å². The van der Waals surface area contributed by atoms with Crippen LogP contribution in [0, 0.1) is 6.92 Å². The van der Waals surface area contributed by atoms with Crippen LogP contribution in [0.3, 0.4) is 0 Å². The number of fused-ring (bicyclic) bond motifs is 1. The van der Waals surface area contributed by atoms with Crippen molar-refractivity contribution in [3.8, 4) is 5.75 Å². The van der Waals surface area contributed by atoms with Crippen molar-refractivity contribution in [1.29, 1.82) is 0 Å². The van der Waals surface area contributed by atoms with Gasteiger partial charge in [0.15, 0.2) is 5.54 Å². The number of carbonyl (C=O) groups is 3. The van der Waals surface area contributed by atoms with E-state index in [2.05, 4.69) is 16.0 Å². The summed E-state index contributed by atoms with van der Waals surface area (Å²) in [5.74, 6) is -0.333. The fourth-order valence-electron chi connectivity index (χ4n) is 3.45. The third kappa shape index (κ3) is 3.52. The molecule has 4 amide bonds. The molecule has 0 bridgehead atoms. The molecule has 3 N–H and O–H groups in total. The molecule has 31 heavy (non-hydrogen) atoms. The second-order valence-corrected chi connectivity index (χ2v) is 7.09. The summed E-state index contributed by atoms with van der Waals surface area (Å²) >= 11 is 0. The summed E-state index contributed by atoms with van der Waals surface area (Å²) in [6, 6.07) is 7.73. The third-order valence-electron chi connectivity index (χ3n) is 5.21. The number of aromatic nitrogens is 1. The van der Waals surface area contributed by atoms with E-state index < -0.39 is 23.4 Å². The highest BCUT2D eigenvalue weighted by atomic mass is 16.6. The summed E-state index contributed by atoms with van der Waals surface area (Å²) in [6.45, 7) is 1.57. The summed E-state index contributed by atoms with van der Waals surface area (Å²) in [4.78, 5) is 42.7. The molecular formula is C21H21N4O6+. The Morgan fingerprint density at radius 2 is 2.03 bits per heavy atom. The zero-order valence-corrected chi connectivity index (χ0v) is 17.1. The number of nitrogens with one attached hydrogen (secondary N) is 3. The topological polar surface area (TPSA) is 123 Å². The number of benzene rings is 1. The van der Waals surface area contributed by atoms with Crippen LogP contribution in [0.2, 0.25) is 0 Å². The lowest BCUT2D eigenvalue weighted by Crippen LogP contribution is -2.52. The van der Waals surface area contributed by atoms with E-state index in [9.17, 15) is 14.4 Å². The van der Waals surface area contributed by atoms with Crippen LogP contribution in [-0.4, -0.2) is 38.6 Å². The Labute approximate surface area is 177 Å². The van der Waals surface area contributed by atoms with Crippen molar-refractivity contribution in [1.82, 2.24) is 16.0 Å². The van der Waals surface area contributed by atoms with Gasteiger partial charge in [-0.2, -0.15) is 0 Å². The fourth-order valence-corrected chi connectivity index (χ4v) is 3.45. The Bertz CT molecular complexity index is 1200. The molecule has 0 radical (unpaired) electrons. The Morgan fingerprint density at radius 1 is 1.23 bits per heavy atom. The maximum Gasteiger partial charge on any atom is 0.322 e. The smallest absolute Gasteiger partial charge is 0.322 e. The van der Waals surface area contributed by atoms with Gasteiger partial charge in [-0.25, -0.2) is 4.79 Å². The van der Waals surface area contributed by atoms with Crippen molar-refractivity contribution in [2.24, 2.45) is 0 Å². The van der Waals surface area contributed by atoms with Crippen LogP contribution in [0.15, 0.2) is 47.1 Å². The highest BCUT2D eigenvalue weighted by Gasteiger charge is 2.51. The Hall–Kier alpha value is -4.08. The van der Waals surface area contributed by atoms with Gasteiger partial charge in [-0.05, 0) is 30.7 Å². The van der Waals surface area contributed by atoms with Crippen molar-refractivity contribution in [2.45, 2.75) is 12.5 Å². The molecule has 1 aromatic carbocycles. The highest BCUT2D eigenvalue weighted by molar-refractivity contribution is 6.08. The normalized spacial score (nSPS) is 17.9. The molecule has 1 aliphatic heterocycles. The van der Waals surface area contributed by atoms with Crippen molar-refractivity contribution in [2.75, 3.05) is 20.8 Å². The first-order valence-corrected chi connectivity index (χ1v) is 9.42. The number of hydrogen-bond donors (Lipinski definition) is 3. The quantitative estimate of drug-likeness (QED) is 0.392. The molecule has 1 saturated heterocycles. The third-order valence-corrected chi connectivity index (χ3v) is 5.21. The number of pyridine rings is 1. The fraction of sp³-hybridized carbons (Fsp3) is 0.238. The number of carbonyl (C=O) groups excluding carboxylic acids is 3. The lowest BCUT2D eigenvalue weighted by atomic mass is 9.95. The molecule has 4 rings (SSSR count). The van der Waals surface area contributed by atoms with E-state index in [0.29, 0.717) is 22.3 Å². The molecule has 160 valence electrons. The number of furan rings is 1. The minimum atomic E-state index is -1.60. The number of amides is 4. The van der Waals surface area contributed by atoms with Gasteiger partial charge in [0.25, 0.3) is 11.8 Å². The molecule has 0 spiro atoms. The van der Waals surface area contributed by atoms with Crippen LogP contribution >= 0.6 is 0 Å². The summed E-state index contributed by atoms with van der Waals surface area (Å²) in [7, 11) is 3.02. The van der Waals surface area contributed by atoms with E-state index in [1.807, 2.05) is 0 Å². The number of imide groups is 1. The first-order chi connectivity index (χ1) is 14.9. The van der Waals surface area contributed by atoms with Gasteiger partial charge < -0.3 is 19.8 Å². The lowest BCUT2D eigenvalue weighted by Gasteiger charge is -2.24. The first kappa shape index (κ1) is 20.2. The number of aryl methyl sites for hydroxylation is 1. The minimum Gasteiger partial charge on any atom is -0.497 e. The van der Waals surface area contributed by atoms with Crippen LogP contribution in [0.25, 0.3) is 11.0 Å². The predicted octanol–water partition coefficient (Wildman–Crippen LogP) is 0.560. The molecule has 0 unspecified atom stereocenters. The van der Waals surface area contributed by atoms with E-state index in [1.54, 1.807) is 49.6 Å². The van der Waals surface area contributed by atoms with Crippen LogP contribution in [0.1, 0.15) is 21.7 Å². The second kappa shape index (κ2) is 7.63. The monoisotopic (exact) mass is 425 g/mol. The average Bonchev–Trinajstić information content (AvgIpc) is 3.32. The van der Waals surface area contributed by atoms with Gasteiger partial charge >= 0.3 is 6.03 Å². The van der Waals surface area contributed by atoms with E-state index in [0.717, 1.165) is 5.56 Å². The average molecular weight is 425 g/mol. The number of methoxy groups -OCH3 is 1. The van der Waals surface area contributed by atoms with Crippen LogP contribution in [-0.2, 0) is 10.3 Å². The zero-order valence-electron chi connectivity index (χ0n) is 17.1. The van der Waals surface area contributed by atoms with Gasteiger partial charge in [-0.3, -0.25) is 19.7 Å². The maximum absolute atomic E-state index is 12.8. The molecule has 0 aliphatic carbocycles. The van der Waals surface area contributed by atoms with Crippen molar-refractivity contribution >= 4 is 28.8 Å². The predicted molar refractivity (Wildman–Crippen MR) is 107 cm³/mol. The Morgan fingerprint density at radius 3 is 2.71 bits per heavy atom. The standard InChI is InChI=1S/C21H20N4O6/c1-12-4-5-14(29-2)9-15(12)18(26)22-11-21(19(27)23-20(28)24-21)17-8-13-10-25(30-3)7-6-16(13)31-17/h4-10H,11H2,1-3H3,(H2-,22,23,24,26,27,28)/p+1/t21-/m0/s1. The molecule has 0 saturated carbocycles. The number of urea groups is 1. The summed E-state index contributed by atoms with van der Waals surface area (Å²) < 4.78 is 12.5. The molecule has 1 fully saturated rings. The molecule has 1 aliphatic rings. The molecule has 3 heterocycles. The zero-order chi connectivity index (χ0) is 22.2. The van der Waals surface area contributed by atoms with Gasteiger partial charge in [0.05, 0.1) is 25.1 Å². The van der Waals surface area contributed by atoms with E-state index in [-0.39, 0.29) is 12.3 Å². The van der Waals surface area contributed by atoms with Crippen molar-refractivity contribution in [3.63, 3.8) is 0 Å². The van der Waals surface area contributed by atoms with Gasteiger partial charge in [0, 0.05) is 10.3 Å². The van der Waals surface area contributed by atoms with Crippen molar-refractivity contribution < 1.29 is 33.1 Å². The minimum absolute atomic E-state index is 0.183. The van der Waals surface area contributed by atoms with Gasteiger partial charge in [-0.15, -0.1) is 0 Å². The van der Waals surface area contributed by atoms with Crippen LogP contribution in [0.4, 0.5) is 4.79 Å². The number of rotatable bonds is 6. The van der Waals surface area contributed by atoms with Crippen LogP contribution < -0.4 is 30.3 Å². The molecule has 3 aromatic rings. The SMILES string of the molecule is COc1ccc(C)c(C(=O)NC[C@@]2(c3cc4c[n+](OC)ccc4o3)NC(=O)NC2=O)c1. The van der Waals surface area contributed by atoms with Crippen LogP contribution in [0.5, 0.6) is 5.75 Å². The van der Waals surface area contributed by atoms with Crippen molar-refractivity contribution in [3.05, 3.63) is 59.6 Å². The first-order valence-electron chi connectivity index (χ1n) is 9.42. The Kier molecular flexibility index (Phi) is 4.97. The molecule has 10 nitrogen and oxygen atoms in total. The van der Waals surface area contributed by atoms with E-state index in [1.165, 1.54) is 19.0 Å². The van der Waals surface area contributed by atoms with Gasteiger partial charge in [0.2, 0.25) is 12.4 Å².